The topological polar surface area (TPSA) is 15.8 Å². The van der Waals surface area contributed by atoms with Gasteiger partial charge in [0.25, 0.3) is 0 Å². The SMILES string of the molecule is Cc1cc(CCl)c[nH]1. The molecule has 0 saturated heterocycles. The van der Waals surface area contributed by atoms with Crippen LogP contribution in [0.3, 0.4) is 0 Å². The Hall–Kier alpha value is -0.430. The molecule has 0 radical (unpaired) electrons. The molecule has 0 aliphatic rings. The fraction of sp³-hybridized carbons (Fsp3) is 0.333. The predicted octanol–water partition coefficient (Wildman–Crippen LogP) is 2.06. The second-order valence-corrected chi connectivity index (χ2v) is 2.09. The zero-order valence-electron chi connectivity index (χ0n) is 4.74. The molecule has 2 heteroatoms. The summed E-state index contributed by atoms with van der Waals surface area (Å²) in [6.07, 6.45) is 1.92. The van der Waals surface area contributed by atoms with E-state index in [0.29, 0.717) is 5.88 Å². The van der Waals surface area contributed by atoms with Gasteiger partial charge < -0.3 is 4.98 Å². The number of aromatic amines is 1. The number of hydrogen-bond acceptors (Lipinski definition) is 0. The van der Waals surface area contributed by atoms with Crippen LogP contribution in [0, 0.1) is 6.92 Å². The zero-order valence-corrected chi connectivity index (χ0v) is 5.50. The van der Waals surface area contributed by atoms with Crippen molar-refractivity contribution in [2.24, 2.45) is 0 Å². The van der Waals surface area contributed by atoms with Crippen molar-refractivity contribution in [1.82, 2.24) is 4.98 Å². The van der Waals surface area contributed by atoms with Crippen LogP contribution in [0.4, 0.5) is 0 Å². The molecule has 0 aliphatic carbocycles. The molecule has 8 heavy (non-hydrogen) atoms. The number of aromatic nitrogens is 1. The number of alkyl halides is 1. The maximum Gasteiger partial charge on any atom is 0.0489 e. The first kappa shape index (κ1) is 5.70. The molecule has 1 N–H and O–H groups in total. The Balaban J connectivity index is 2.84. The highest BCUT2D eigenvalue weighted by Crippen LogP contribution is 2.03. The number of rotatable bonds is 1. The summed E-state index contributed by atoms with van der Waals surface area (Å²) in [5, 5.41) is 0. The smallest absolute Gasteiger partial charge is 0.0489 e. The number of H-pyrrole nitrogens is 1. The lowest BCUT2D eigenvalue weighted by Crippen LogP contribution is -1.64. The molecule has 1 aromatic rings. The van der Waals surface area contributed by atoms with E-state index in [9.17, 15) is 0 Å². The lowest BCUT2D eigenvalue weighted by Gasteiger charge is -1.77. The monoisotopic (exact) mass is 129 g/mol. The van der Waals surface area contributed by atoms with E-state index in [1.54, 1.807) is 0 Å². The molecule has 44 valence electrons. The zero-order chi connectivity index (χ0) is 5.98. The average molecular weight is 130 g/mol. The summed E-state index contributed by atoms with van der Waals surface area (Å²) in [5.41, 5.74) is 2.32. The maximum atomic E-state index is 5.52. The standard InChI is InChI=1S/C6H8ClN/c1-5-2-6(3-7)4-8-5/h2,4,8H,3H2,1H3. The van der Waals surface area contributed by atoms with Crippen LogP contribution in [-0.2, 0) is 5.88 Å². The van der Waals surface area contributed by atoms with Gasteiger partial charge in [-0.1, -0.05) is 0 Å². The fourth-order valence-corrected chi connectivity index (χ4v) is 0.799. The summed E-state index contributed by atoms with van der Waals surface area (Å²) in [4.78, 5) is 3.04. The van der Waals surface area contributed by atoms with E-state index in [0.717, 1.165) is 5.56 Å². The van der Waals surface area contributed by atoms with Crippen molar-refractivity contribution in [2.45, 2.75) is 12.8 Å². The van der Waals surface area contributed by atoms with Gasteiger partial charge in [-0.05, 0) is 18.6 Å². The van der Waals surface area contributed by atoms with Gasteiger partial charge in [0.15, 0.2) is 0 Å². The van der Waals surface area contributed by atoms with E-state index < -0.39 is 0 Å². The maximum absolute atomic E-state index is 5.52. The first-order valence-corrected chi connectivity index (χ1v) is 3.06. The Labute approximate surface area is 53.7 Å². The van der Waals surface area contributed by atoms with Gasteiger partial charge in [-0.15, -0.1) is 11.6 Å². The molecular weight excluding hydrogens is 122 g/mol. The Bertz CT molecular complexity index is 169. The van der Waals surface area contributed by atoms with Gasteiger partial charge in [0.05, 0.1) is 0 Å². The number of aryl methyl sites for hydroxylation is 1. The van der Waals surface area contributed by atoms with Crippen LogP contribution in [0.25, 0.3) is 0 Å². The Morgan fingerprint density at radius 1 is 1.75 bits per heavy atom. The summed E-state index contributed by atoms with van der Waals surface area (Å²) in [7, 11) is 0. The summed E-state index contributed by atoms with van der Waals surface area (Å²) in [6, 6.07) is 2.03. The predicted molar refractivity (Wildman–Crippen MR) is 35.1 cm³/mol. The van der Waals surface area contributed by atoms with E-state index >= 15 is 0 Å². The highest BCUT2D eigenvalue weighted by molar-refractivity contribution is 6.17. The van der Waals surface area contributed by atoms with Crippen molar-refractivity contribution in [3.63, 3.8) is 0 Å². The van der Waals surface area contributed by atoms with Gasteiger partial charge in [0.1, 0.15) is 0 Å². The second-order valence-electron chi connectivity index (χ2n) is 1.82. The molecule has 0 spiro atoms. The quantitative estimate of drug-likeness (QED) is 0.559. The second kappa shape index (κ2) is 2.23. The summed E-state index contributed by atoms with van der Waals surface area (Å²) in [6.45, 7) is 2.01. The largest absolute Gasteiger partial charge is 0.365 e. The van der Waals surface area contributed by atoms with Crippen molar-refractivity contribution < 1.29 is 0 Å². The third-order valence-electron chi connectivity index (χ3n) is 1.04. The molecule has 1 heterocycles. The van der Waals surface area contributed by atoms with Gasteiger partial charge in [-0.25, -0.2) is 0 Å². The van der Waals surface area contributed by atoms with Gasteiger partial charge in [0, 0.05) is 17.8 Å². The van der Waals surface area contributed by atoms with Crippen LogP contribution in [0.5, 0.6) is 0 Å². The van der Waals surface area contributed by atoms with Crippen LogP contribution in [0.2, 0.25) is 0 Å². The minimum absolute atomic E-state index is 0.602. The van der Waals surface area contributed by atoms with Crippen molar-refractivity contribution in [3.05, 3.63) is 23.5 Å². The first-order chi connectivity index (χ1) is 3.83. The highest BCUT2D eigenvalue weighted by Gasteiger charge is 1.89. The minimum Gasteiger partial charge on any atom is -0.365 e. The van der Waals surface area contributed by atoms with E-state index in [-0.39, 0.29) is 0 Å². The van der Waals surface area contributed by atoms with Gasteiger partial charge in [-0.2, -0.15) is 0 Å². The summed E-state index contributed by atoms with van der Waals surface area (Å²) >= 11 is 5.52. The number of halogens is 1. The molecule has 1 nitrogen and oxygen atoms in total. The average Bonchev–Trinajstić information content (AvgIpc) is 2.14. The third-order valence-corrected chi connectivity index (χ3v) is 1.35. The molecule has 0 atom stereocenters. The normalized spacial score (nSPS) is 9.75. The van der Waals surface area contributed by atoms with Crippen LogP contribution >= 0.6 is 11.6 Å². The first-order valence-electron chi connectivity index (χ1n) is 2.53. The van der Waals surface area contributed by atoms with Gasteiger partial charge in [-0.3, -0.25) is 0 Å². The lowest BCUT2D eigenvalue weighted by molar-refractivity contribution is 1.26. The Morgan fingerprint density at radius 3 is 2.75 bits per heavy atom. The van der Waals surface area contributed by atoms with Crippen LogP contribution < -0.4 is 0 Å². The van der Waals surface area contributed by atoms with Gasteiger partial charge >= 0.3 is 0 Å². The van der Waals surface area contributed by atoms with E-state index in [4.69, 9.17) is 11.6 Å². The van der Waals surface area contributed by atoms with Crippen molar-refractivity contribution in [1.29, 1.82) is 0 Å². The molecule has 0 aromatic carbocycles. The van der Waals surface area contributed by atoms with Crippen molar-refractivity contribution in [2.75, 3.05) is 0 Å². The minimum atomic E-state index is 0.602. The molecule has 0 saturated carbocycles. The lowest BCUT2D eigenvalue weighted by atomic mass is 10.3. The molecule has 0 unspecified atom stereocenters. The molecule has 1 rings (SSSR count). The molecule has 0 fully saturated rings. The van der Waals surface area contributed by atoms with Crippen LogP contribution in [0.15, 0.2) is 12.3 Å². The van der Waals surface area contributed by atoms with Crippen LogP contribution in [-0.4, -0.2) is 4.98 Å². The number of hydrogen-bond donors (Lipinski definition) is 1. The van der Waals surface area contributed by atoms with Crippen molar-refractivity contribution >= 4 is 11.6 Å². The summed E-state index contributed by atoms with van der Waals surface area (Å²) < 4.78 is 0. The molecule has 0 bridgehead atoms. The molecule has 1 aromatic heterocycles. The number of nitrogens with one attached hydrogen (secondary N) is 1. The highest BCUT2D eigenvalue weighted by atomic mass is 35.5. The fourth-order valence-electron chi connectivity index (χ4n) is 0.645. The Kier molecular flexibility index (Phi) is 1.59. The molecule has 0 aliphatic heterocycles. The van der Waals surface area contributed by atoms with Crippen LogP contribution in [0.1, 0.15) is 11.3 Å². The van der Waals surface area contributed by atoms with E-state index in [1.165, 1.54) is 5.69 Å². The summed E-state index contributed by atoms with van der Waals surface area (Å²) in [5.74, 6) is 0.602. The Morgan fingerprint density at radius 2 is 2.50 bits per heavy atom. The van der Waals surface area contributed by atoms with E-state index in [2.05, 4.69) is 4.98 Å². The molecule has 0 amide bonds. The van der Waals surface area contributed by atoms with Crippen molar-refractivity contribution in [3.8, 4) is 0 Å². The molecular formula is C6H8ClN. The van der Waals surface area contributed by atoms with Gasteiger partial charge in [0.2, 0.25) is 0 Å². The van der Waals surface area contributed by atoms with E-state index in [1.807, 2.05) is 19.2 Å². The third kappa shape index (κ3) is 1.04.